The van der Waals surface area contributed by atoms with E-state index in [9.17, 15) is 9.59 Å². The molecule has 2 amide bonds. The van der Waals surface area contributed by atoms with Gasteiger partial charge in [0.2, 0.25) is 0 Å². The third kappa shape index (κ3) is 6.34. The average molecular weight is 451 g/mol. The molecule has 0 unspecified atom stereocenters. The average Bonchev–Trinajstić information content (AvgIpc) is 2.78. The number of carbonyl (C=O) groups is 2. The van der Waals surface area contributed by atoms with Crippen LogP contribution in [0.15, 0.2) is 72.8 Å². The summed E-state index contributed by atoms with van der Waals surface area (Å²) in [6.07, 6.45) is 1.03. The van der Waals surface area contributed by atoms with Crippen LogP contribution >= 0.6 is 11.6 Å². The van der Waals surface area contributed by atoms with Gasteiger partial charge in [-0.05, 0) is 65.9 Å². The summed E-state index contributed by atoms with van der Waals surface area (Å²) in [5.74, 6) is 0.0236. The van der Waals surface area contributed by atoms with Gasteiger partial charge in [0.15, 0.2) is 6.61 Å². The molecule has 0 atom stereocenters. The monoisotopic (exact) mass is 450 g/mol. The van der Waals surface area contributed by atoms with E-state index in [0.29, 0.717) is 27.7 Å². The molecule has 3 aromatic rings. The van der Waals surface area contributed by atoms with E-state index >= 15 is 0 Å². The third-order valence-electron chi connectivity index (χ3n) is 5.38. The van der Waals surface area contributed by atoms with Crippen LogP contribution in [0, 0.1) is 0 Å². The van der Waals surface area contributed by atoms with Crippen LogP contribution in [0.5, 0.6) is 5.75 Å². The molecule has 3 aromatic carbocycles. The van der Waals surface area contributed by atoms with E-state index in [-0.39, 0.29) is 23.8 Å². The summed E-state index contributed by atoms with van der Waals surface area (Å²) >= 11 is 5.95. The zero-order chi connectivity index (χ0) is 23.1. The molecule has 0 aliphatic heterocycles. The number of ether oxygens (including phenoxy) is 1. The van der Waals surface area contributed by atoms with E-state index in [1.807, 2.05) is 24.3 Å². The first-order valence-electron chi connectivity index (χ1n) is 10.5. The molecule has 2 N–H and O–H groups in total. The number of carbonyl (C=O) groups excluding carboxylic acids is 2. The number of halogens is 1. The van der Waals surface area contributed by atoms with E-state index in [1.54, 1.807) is 48.5 Å². The van der Waals surface area contributed by atoms with Crippen molar-refractivity contribution in [3.63, 3.8) is 0 Å². The molecule has 32 heavy (non-hydrogen) atoms. The number of amides is 2. The minimum absolute atomic E-state index is 0.0972. The fourth-order valence-corrected chi connectivity index (χ4v) is 3.25. The highest BCUT2D eigenvalue weighted by Gasteiger charge is 2.17. The lowest BCUT2D eigenvalue weighted by atomic mass is 9.82. The van der Waals surface area contributed by atoms with E-state index in [4.69, 9.17) is 16.3 Å². The zero-order valence-corrected chi connectivity index (χ0v) is 19.2. The molecule has 0 aliphatic rings. The maximum absolute atomic E-state index is 12.5. The first-order chi connectivity index (χ1) is 15.3. The van der Waals surface area contributed by atoms with Gasteiger partial charge in [-0.3, -0.25) is 9.59 Å². The number of benzene rings is 3. The second kappa shape index (κ2) is 10.3. The Morgan fingerprint density at radius 1 is 0.906 bits per heavy atom. The minimum Gasteiger partial charge on any atom is -0.484 e. The second-order valence-electron chi connectivity index (χ2n) is 8.14. The summed E-state index contributed by atoms with van der Waals surface area (Å²) in [6.45, 7) is 6.42. The first kappa shape index (κ1) is 23.4. The maximum atomic E-state index is 12.5. The Morgan fingerprint density at radius 3 is 2.22 bits per heavy atom. The maximum Gasteiger partial charge on any atom is 0.262 e. The molecule has 0 saturated heterocycles. The van der Waals surface area contributed by atoms with Crippen molar-refractivity contribution in [2.75, 3.05) is 17.2 Å². The highest BCUT2D eigenvalue weighted by atomic mass is 35.5. The van der Waals surface area contributed by atoms with Crippen molar-refractivity contribution in [3.8, 4) is 5.75 Å². The summed E-state index contributed by atoms with van der Waals surface area (Å²) in [6, 6.07) is 21.4. The quantitative estimate of drug-likeness (QED) is 0.423. The predicted octanol–water partition coefficient (Wildman–Crippen LogP) is 6.30. The molecule has 0 bridgehead atoms. The van der Waals surface area contributed by atoms with Crippen LogP contribution < -0.4 is 15.4 Å². The SMILES string of the molecule is CCC(C)(C)c1ccc(OCC(=O)Nc2cccc(C(=O)Nc3cccc(Cl)c3)c2)cc1. The van der Waals surface area contributed by atoms with Crippen molar-refractivity contribution >= 4 is 34.8 Å². The lowest BCUT2D eigenvalue weighted by Gasteiger charge is -2.23. The zero-order valence-electron chi connectivity index (χ0n) is 18.4. The lowest BCUT2D eigenvalue weighted by Crippen LogP contribution is -2.21. The number of hydrogen-bond acceptors (Lipinski definition) is 3. The second-order valence-corrected chi connectivity index (χ2v) is 8.58. The smallest absolute Gasteiger partial charge is 0.262 e. The highest BCUT2D eigenvalue weighted by Crippen LogP contribution is 2.28. The Hall–Kier alpha value is -3.31. The Kier molecular flexibility index (Phi) is 7.54. The largest absolute Gasteiger partial charge is 0.484 e. The van der Waals surface area contributed by atoms with Gasteiger partial charge in [0.25, 0.3) is 11.8 Å². The van der Waals surface area contributed by atoms with Gasteiger partial charge < -0.3 is 15.4 Å². The van der Waals surface area contributed by atoms with Gasteiger partial charge in [-0.1, -0.05) is 56.6 Å². The van der Waals surface area contributed by atoms with Gasteiger partial charge in [0.1, 0.15) is 5.75 Å². The van der Waals surface area contributed by atoms with Gasteiger partial charge in [-0.25, -0.2) is 0 Å². The van der Waals surface area contributed by atoms with Gasteiger partial charge >= 0.3 is 0 Å². The Balaban J connectivity index is 1.56. The van der Waals surface area contributed by atoms with E-state index in [2.05, 4.69) is 31.4 Å². The molecule has 0 aromatic heterocycles. The number of rotatable bonds is 8. The van der Waals surface area contributed by atoms with Crippen molar-refractivity contribution in [3.05, 3.63) is 88.9 Å². The van der Waals surface area contributed by atoms with Crippen LogP contribution in [-0.4, -0.2) is 18.4 Å². The first-order valence-corrected chi connectivity index (χ1v) is 10.8. The molecule has 3 rings (SSSR count). The molecule has 0 radical (unpaired) electrons. The molecule has 0 saturated carbocycles. The van der Waals surface area contributed by atoms with E-state index in [0.717, 1.165) is 6.42 Å². The minimum atomic E-state index is -0.310. The molecule has 0 heterocycles. The number of nitrogens with one attached hydrogen (secondary N) is 2. The number of hydrogen-bond donors (Lipinski definition) is 2. The summed E-state index contributed by atoms with van der Waals surface area (Å²) < 4.78 is 5.61. The molecule has 5 nitrogen and oxygen atoms in total. The predicted molar refractivity (Wildman–Crippen MR) is 130 cm³/mol. The Labute approximate surface area is 193 Å². The number of anilines is 2. The third-order valence-corrected chi connectivity index (χ3v) is 5.62. The molecule has 166 valence electrons. The molecule has 0 fully saturated rings. The summed E-state index contributed by atoms with van der Waals surface area (Å²) in [5.41, 5.74) is 2.85. The normalized spacial score (nSPS) is 11.0. The van der Waals surface area contributed by atoms with Crippen molar-refractivity contribution in [1.29, 1.82) is 0 Å². The van der Waals surface area contributed by atoms with Crippen LogP contribution in [0.1, 0.15) is 43.1 Å². The fraction of sp³-hybridized carbons (Fsp3) is 0.231. The Bertz CT molecular complexity index is 1090. The van der Waals surface area contributed by atoms with Gasteiger partial charge in [0.05, 0.1) is 0 Å². The summed E-state index contributed by atoms with van der Waals surface area (Å²) in [5, 5.41) is 6.08. The molecule has 0 spiro atoms. The van der Waals surface area contributed by atoms with Crippen molar-refractivity contribution in [2.24, 2.45) is 0 Å². The van der Waals surface area contributed by atoms with Crippen LogP contribution in [-0.2, 0) is 10.2 Å². The van der Waals surface area contributed by atoms with Gasteiger partial charge in [-0.2, -0.15) is 0 Å². The molecule has 6 heteroatoms. The highest BCUT2D eigenvalue weighted by molar-refractivity contribution is 6.31. The molecular formula is C26H27ClN2O3. The van der Waals surface area contributed by atoms with Crippen LogP contribution in [0.3, 0.4) is 0 Å². The van der Waals surface area contributed by atoms with Gasteiger partial charge in [-0.15, -0.1) is 0 Å². The van der Waals surface area contributed by atoms with Crippen molar-refractivity contribution in [1.82, 2.24) is 0 Å². The van der Waals surface area contributed by atoms with Crippen molar-refractivity contribution in [2.45, 2.75) is 32.6 Å². The topological polar surface area (TPSA) is 67.4 Å². The molecular weight excluding hydrogens is 424 g/mol. The van der Waals surface area contributed by atoms with E-state index in [1.165, 1.54) is 5.56 Å². The summed E-state index contributed by atoms with van der Waals surface area (Å²) in [4.78, 5) is 24.8. The van der Waals surface area contributed by atoms with Crippen LogP contribution in [0.4, 0.5) is 11.4 Å². The fourth-order valence-electron chi connectivity index (χ4n) is 3.06. The van der Waals surface area contributed by atoms with E-state index < -0.39 is 0 Å². The lowest BCUT2D eigenvalue weighted by molar-refractivity contribution is -0.118. The van der Waals surface area contributed by atoms with Gasteiger partial charge in [0, 0.05) is 22.0 Å². The van der Waals surface area contributed by atoms with Crippen LogP contribution in [0.2, 0.25) is 5.02 Å². The van der Waals surface area contributed by atoms with Crippen LogP contribution in [0.25, 0.3) is 0 Å². The Morgan fingerprint density at radius 2 is 1.56 bits per heavy atom. The molecule has 0 aliphatic carbocycles. The summed E-state index contributed by atoms with van der Waals surface area (Å²) in [7, 11) is 0. The standard InChI is InChI=1S/C26H27ClN2O3/c1-4-26(2,3)19-11-13-23(14-12-19)32-17-24(30)28-21-9-5-7-18(15-21)25(31)29-22-10-6-8-20(27)16-22/h5-16H,4,17H2,1-3H3,(H,28,30)(H,29,31). The van der Waals surface area contributed by atoms with Crippen molar-refractivity contribution < 1.29 is 14.3 Å².